The van der Waals surface area contributed by atoms with Crippen LogP contribution in [0, 0.1) is 0 Å². The molecule has 2 heterocycles. The third-order valence-electron chi connectivity index (χ3n) is 3.23. The molecule has 0 bridgehead atoms. The number of nitrogens with zero attached hydrogens (tertiary/aromatic N) is 1. The monoisotopic (exact) mass is 183 g/mol. The number of hydrogen-bond donors (Lipinski definition) is 0. The summed E-state index contributed by atoms with van der Waals surface area (Å²) >= 11 is 0. The Labute approximate surface area is 83.7 Å². The maximum atomic E-state index is 2.25. The van der Waals surface area contributed by atoms with Crippen molar-refractivity contribution in [1.29, 1.82) is 0 Å². The number of pyridine rings is 1. The topological polar surface area (TPSA) is 4.41 Å². The maximum absolute atomic E-state index is 2.25. The molecule has 1 heteroatoms. The fourth-order valence-electron chi connectivity index (χ4n) is 2.38. The molecule has 14 heavy (non-hydrogen) atoms. The minimum absolute atomic E-state index is 1.13. The molecule has 0 N–H and O–H groups in total. The molecule has 0 spiro atoms. The Balaban J connectivity index is 2.43. The summed E-state index contributed by atoms with van der Waals surface area (Å²) in [6.07, 6.45) is 5.50. The first-order valence-corrected chi connectivity index (χ1v) is 5.02. The Hall–Kier alpha value is -1.50. The van der Waals surface area contributed by atoms with Crippen molar-refractivity contribution in [3.05, 3.63) is 47.3 Å². The van der Waals surface area contributed by atoms with Crippen LogP contribution in [0.15, 0.2) is 36.2 Å². The smallest absolute Gasteiger partial charge is 0.0527 e. The van der Waals surface area contributed by atoms with Gasteiger partial charge in [0.05, 0.1) is 5.52 Å². The van der Waals surface area contributed by atoms with Crippen LogP contribution in [0.1, 0.15) is 25.0 Å². The van der Waals surface area contributed by atoms with E-state index in [-0.39, 0.29) is 0 Å². The highest BCUT2D eigenvalue weighted by Crippen LogP contribution is 2.36. The van der Waals surface area contributed by atoms with Gasteiger partial charge in [-0.1, -0.05) is 11.6 Å². The van der Waals surface area contributed by atoms with Gasteiger partial charge >= 0.3 is 0 Å². The molecule has 0 saturated carbocycles. The van der Waals surface area contributed by atoms with Gasteiger partial charge in [-0.2, -0.15) is 0 Å². The molecule has 0 aliphatic heterocycles. The highest BCUT2D eigenvalue weighted by Gasteiger charge is 2.19. The van der Waals surface area contributed by atoms with Crippen molar-refractivity contribution >= 4 is 11.1 Å². The van der Waals surface area contributed by atoms with Crippen molar-refractivity contribution in [2.24, 2.45) is 0 Å². The van der Waals surface area contributed by atoms with E-state index in [4.69, 9.17) is 0 Å². The van der Waals surface area contributed by atoms with Gasteiger partial charge in [0, 0.05) is 18.0 Å². The molecule has 1 aliphatic carbocycles. The number of fused-ring (bicyclic) bond motifs is 3. The third-order valence-corrected chi connectivity index (χ3v) is 3.23. The Morgan fingerprint density at radius 3 is 2.93 bits per heavy atom. The number of rotatable bonds is 0. The van der Waals surface area contributed by atoms with E-state index in [1.54, 1.807) is 0 Å². The minimum Gasteiger partial charge on any atom is -0.323 e. The number of hydrogen-bond acceptors (Lipinski definition) is 0. The van der Waals surface area contributed by atoms with Crippen LogP contribution in [0.5, 0.6) is 0 Å². The van der Waals surface area contributed by atoms with Crippen molar-refractivity contribution in [3.63, 3.8) is 0 Å². The van der Waals surface area contributed by atoms with Crippen LogP contribution in [-0.2, 0) is 6.42 Å². The zero-order valence-electron chi connectivity index (χ0n) is 8.54. The molecule has 2 aromatic rings. The molecule has 3 rings (SSSR count). The fraction of sp³-hybridized carbons (Fsp3) is 0.231. The molecule has 0 atom stereocenters. The lowest BCUT2D eigenvalue weighted by atomic mass is 10.1. The fourth-order valence-corrected chi connectivity index (χ4v) is 2.38. The predicted molar refractivity (Wildman–Crippen MR) is 59.4 cm³/mol. The van der Waals surface area contributed by atoms with Gasteiger partial charge in [-0.15, -0.1) is 0 Å². The second kappa shape index (κ2) is 2.50. The van der Waals surface area contributed by atoms with E-state index in [9.17, 15) is 0 Å². The van der Waals surface area contributed by atoms with E-state index in [1.165, 1.54) is 27.8 Å². The average molecular weight is 183 g/mol. The van der Waals surface area contributed by atoms with Crippen LogP contribution >= 0.6 is 0 Å². The summed E-state index contributed by atoms with van der Waals surface area (Å²) in [6, 6.07) is 6.38. The van der Waals surface area contributed by atoms with Gasteiger partial charge in [-0.3, -0.25) is 0 Å². The summed E-state index contributed by atoms with van der Waals surface area (Å²) < 4.78 is 2.22. The van der Waals surface area contributed by atoms with Gasteiger partial charge in [-0.25, -0.2) is 0 Å². The molecule has 0 unspecified atom stereocenters. The van der Waals surface area contributed by atoms with Crippen LogP contribution in [-0.4, -0.2) is 4.40 Å². The molecular formula is C13H13N. The quantitative estimate of drug-likeness (QED) is 0.590. The third kappa shape index (κ3) is 0.844. The minimum atomic E-state index is 1.13. The summed E-state index contributed by atoms with van der Waals surface area (Å²) in [5.41, 5.74) is 7.27. The normalized spacial score (nSPS) is 15.3. The Morgan fingerprint density at radius 1 is 1.21 bits per heavy atom. The van der Waals surface area contributed by atoms with E-state index in [1.807, 2.05) is 0 Å². The number of aromatic nitrogens is 1. The Kier molecular flexibility index (Phi) is 1.41. The van der Waals surface area contributed by atoms with Crippen molar-refractivity contribution in [3.8, 4) is 0 Å². The maximum Gasteiger partial charge on any atom is 0.0527 e. The summed E-state index contributed by atoms with van der Waals surface area (Å²) in [5.74, 6) is 0. The van der Waals surface area contributed by atoms with Gasteiger partial charge in [-0.05, 0) is 43.5 Å². The molecule has 70 valence electrons. The average Bonchev–Trinajstić information content (AvgIpc) is 2.65. The first-order chi connectivity index (χ1) is 6.77. The Bertz CT molecular complexity index is 543. The zero-order chi connectivity index (χ0) is 9.71. The zero-order valence-corrected chi connectivity index (χ0v) is 8.54. The molecule has 0 radical (unpaired) electrons. The summed E-state index contributed by atoms with van der Waals surface area (Å²) in [6.45, 7) is 4.46. The summed E-state index contributed by atoms with van der Waals surface area (Å²) in [4.78, 5) is 0. The second-order valence-corrected chi connectivity index (χ2v) is 4.10. The molecule has 0 aromatic carbocycles. The van der Waals surface area contributed by atoms with Crippen molar-refractivity contribution in [2.75, 3.05) is 0 Å². The van der Waals surface area contributed by atoms with Crippen LogP contribution in [0.4, 0.5) is 0 Å². The molecule has 1 nitrogen and oxygen atoms in total. The van der Waals surface area contributed by atoms with Crippen LogP contribution in [0.25, 0.3) is 11.1 Å². The van der Waals surface area contributed by atoms with Crippen molar-refractivity contribution in [2.45, 2.75) is 20.3 Å². The van der Waals surface area contributed by atoms with Gasteiger partial charge < -0.3 is 4.40 Å². The lowest BCUT2D eigenvalue weighted by Gasteiger charge is -1.99. The summed E-state index contributed by atoms with van der Waals surface area (Å²) in [7, 11) is 0. The van der Waals surface area contributed by atoms with Crippen LogP contribution in [0.2, 0.25) is 0 Å². The molecular weight excluding hydrogens is 170 g/mol. The molecule has 0 amide bonds. The van der Waals surface area contributed by atoms with Gasteiger partial charge in [0.2, 0.25) is 0 Å². The molecule has 1 aliphatic rings. The van der Waals surface area contributed by atoms with Gasteiger partial charge in [0.1, 0.15) is 0 Å². The molecule has 0 fully saturated rings. The largest absolute Gasteiger partial charge is 0.323 e. The van der Waals surface area contributed by atoms with E-state index in [0.717, 1.165) is 6.42 Å². The highest BCUT2D eigenvalue weighted by atomic mass is 14.9. The van der Waals surface area contributed by atoms with Crippen LogP contribution < -0.4 is 0 Å². The van der Waals surface area contributed by atoms with E-state index < -0.39 is 0 Å². The summed E-state index contributed by atoms with van der Waals surface area (Å²) in [5, 5.41) is 0. The van der Waals surface area contributed by atoms with E-state index >= 15 is 0 Å². The predicted octanol–water partition coefficient (Wildman–Crippen LogP) is 3.29. The first-order valence-electron chi connectivity index (χ1n) is 5.02. The lowest BCUT2D eigenvalue weighted by Crippen LogP contribution is -1.83. The van der Waals surface area contributed by atoms with Crippen LogP contribution in [0.3, 0.4) is 0 Å². The lowest BCUT2D eigenvalue weighted by molar-refractivity contribution is 1.13. The van der Waals surface area contributed by atoms with E-state index in [0.29, 0.717) is 0 Å². The standard InChI is InChI=1S/C13H13N/c1-9-7-11-8-14-6-4-3-5-12(14)13(11)10(9)2/h3-6,8H,7H2,1-2H3. The number of allylic oxidation sites excluding steroid dienone is 2. The van der Waals surface area contributed by atoms with E-state index in [2.05, 4.69) is 48.8 Å². The second-order valence-electron chi connectivity index (χ2n) is 4.10. The SMILES string of the molecule is CC1=C(C)c2c(cn3ccccc23)C1. The van der Waals surface area contributed by atoms with Gasteiger partial charge in [0.15, 0.2) is 0 Å². The van der Waals surface area contributed by atoms with Crippen molar-refractivity contribution < 1.29 is 0 Å². The van der Waals surface area contributed by atoms with Gasteiger partial charge in [0.25, 0.3) is 0 Å². The molecule has 2 aromatic heterocycles. The Morgan fingerprint density at radius 2 is 2.07 bits per heavy atom. The highest BCUT2D eigenvalue weighted by molar-refractivity contribution is 5.85. The first kappa shape index (κ1) is 7.86. The molecule has 0 saturated heterocycles. The van der Waals surface area contributed by atoms with Crippen molar-refractivity contribution in [1.82, 2.24) is 4.40 Å².